The van der Waals surface area contributed by atoms with Gasteiger partial charge in [-0.15, -0.1) is 0 Å². The molecule has 1 rings (SSSR count). The molecule has 124 valence electrons. The van der Waals surface area contributed by atoms with Crippen LogP contribution in [0.3, 0.4) is 0 Å². The van der Waals surface area contributed by atoms with Gasteiger partial charge in [-0.05, 0) is 72.9 Å². The first-order valence-corrected chi connectivity index (χ1v) is 8.13. The van der Waals surface area contributed by atoms with Gasteiger partial charge in [-0.1, -0.05) is 6.92 Å². The van der Waals surface area contributed by atoms with Gasteiger partial charge in [0.15, 0.2) is 0 Å². The Bertz CT molecular complexity index is 323. The fourth-order valence-corrected chi connectivity index (χ4v) is 3.19. The minimum atomic E-state index is -0.467. The van der Waals surface area contributed by atoms with Crippen LogP contribution in [0.5, 0.6) is 0 Å². The van der Waals surface area contributed by atoms with E-state index in [9.17, 15) is 4.79 Å². The van der Waals surface area contributed by atoms with Crippen molar-refractivity contribution in [1.82, 2.24) is 15.1 Å². The smallest absolute Gasteiger partial charge is 0.326 e. The third-order valence-electron chi connectivity index (χ3n) is 4.52. The summed E-state index contributed by atoms with van der Waals surface area (Å²) in [4.78, 5) is 16.8. The highest BCUT2D eigenvalue weighted by molar-refractivity contribution is 5.81. The van der Waals surface area contributed by atoms with E-state index in [4.69, 9.17) is 4.74 Å². The molecule has 0 aromatic rings. The van der Waals surface area contributed by atoms with Crippen molar-refractivity contribution in [2.45, 2.75) is 50.6 Å². The molecule has 5 nitrogen and oxygen atoms in total. The number of ether oxygens (including phenoxy) is 1. The largest absolute Gasteiger partial charge is 0.468 e. The summed E-state index contributed by atoms with van der Waals surface area (Å²) in [7, 11) is 7.87. The number of methoxy groups -OCH3 is 1. The number of nitrogens with zero attached hydrogens (tertiary/aromatic N) is 2. The van der Waals surface area contributed by atoms with Gasteiger partial charge in [0.1, 0.15) is 5.54 Å². The standard InChI is InChI=1S/C16H33N3O2/c1-6-10-17-16(15(20)21-5)9-8-14(13-16)19(4)12-7-11-18(2)3/h14,17H,6-13H2,1-5H3. The zero-order valence-corrected chi connectivity index (χ0v) is 14.4. The molecule has 1 fully saturated rings. The van der Waals surface area contributed by atoms with E-state index < -0.39 is 5.54 Å². The molecule has 0 radical (unpaired) electrons. The number of nitrogens with one attached hydrogen (secondary N) is 1. The predicted octanol–water partition coefficient (Wildman–Crippen LogP) is 1.33. The molecule has 1 aliphatic carbocycles. The van der Waals surface area contributed by atoms with Gasteiger partial charge in [0, 0.05) is 6.04 Å². The van der Waals surface area contributed by atoms with Crippen molar-refractivity contribution in [3.63, 3.8) is 0 Å². The summed E-state index contributed by atoms with van der Waals surface area (Å²) in [6, 6.07) is 0.468. The van der Waals surface area contributed by atoms with E-state index in [0.29, 0.717) is 6.04 Å². The van der Waals surface area contributed by atoms with Crippen LogP contribution in [0, 0.1) is 0 Å². The average Bonchev–Trinajstić information content (AvgIpc) is 2.89. The van der Waals surface area contributed by atoms with Crippen LogP contribution in [0.25, 0.3) is 0 Å². The molecule has 0 bridgehead atoms. The van der Waals surface area contributed by atoms with Crippen LogP contribution in [0.1, 0.15) is 39.0 Å². The average molecular weight is 299 g/mol. The zero-order valence-electron chi connectivity index (χ0n) is 14.4. The molecule has 1 aliphatic rings. The van der Waals surface area contributed by atoms with Crippen molar-refractivity contribution in [3.05, 3.63) is 0 Å². The molecule has 21 heavy (non-hydrogen) atoms. The molecule has 2 unspecified atom stereocenters. The number of hydrogen-bond donors (Lipinski definition) is 1. The summed E-state index contributed by atoms with van der Waals surface area (Å²) in [6.45, 7) is 5.17. The fourth-order valence-electron chi connectivity index (χ4n) is 3.19. The van der Waals surface area contributed by atoms with Gasteiger partial charge in [0.2, 0.25) is 0 Å². The van der Waals surface area contributed by atoms with Crippen molar-refractivity contribution in [1.29, 1.82) is 0 Å². The second kappa shape index (κ2) is 8.71. The Morgan fingerprint density at radius 3 is 2.62 bits per heavy atom. The number of hydrogen-bond acceptors (Lipinski definition) is 5. The number of carbonyl (C=O) groups excluding carboxylic acids is 1. The summed E-state index contributed by atoms with van der Waals surface area (Å²) < 4.78 is 5.05. The second-order valence-electron chi connectivity index (χ2n) is 6.53. The molecule has 0 amide bonds. The molecule has 0 saturated heterocycles. The molecule has 0 aromatic heterocycles. The van der Waals surface area contributed by atoms with E-state index >= 15 is 0 Å². The van der Waals surface area contributed by atoms with E-state index in [1.54, 1.807) is 0 Å². The van der Waals surface area contributed by atoms with E-state index in [2.05, 4.69) is 43.2 Å². The summed E-state index contributed by atoms with van der Waals surface area (Å²) in [5.74, 6) is -0.0971. The first kappa shape index (κ1) is 18.4. The maximum Gasteiger partial charge on any atom is 0.326 e. The van der Waals surface area contributed by atoms with E-state index in [-0.39, 0.29) is 5.97 Å². The lowest BCUT2D eigenvalue weighted by molar-refractivity contribution is -0.148. The summed E-state index contributed by atoms with van der Waals surface area (Å²) in [5.41, 5.74) is -0.467. The summed E-state index contributed by atoms with van der Waals surface area (Å²) in [5, 5.41) is 3.45. The molecule has 1 saturated carbocycles. The van der Waals surface area contributed by atoms with E-state index in [1.165, 1.54) is 7.11 Å². The summed E-state index contributed by atoms with van der Waals surface area (Å²) in [6.07, 6.45) is 4.99. The Morgan fingerprint density at radius 2 is 2.05 bits per heavy atom. The van der Waals surface area contributed by atoms with Crippen LogP contribution in [0.15, 0.2) is 0 Å². The van der Waals surface area contributed by atoms with Crippen molar-refractivity contribution in [2.75, 3.05) is 47.9 Å². The highest BCUT2D eigenvalue weighted by atomic mass is 16.5. The molecule has 0 aromatic carbocycles. The molecule has 0 spiro atoms. The maximum atomic E-state index is 12.2. The molecule has 0 aliphatic heterocycles. The third kappa shape index (κ3) is 5.24. The molecular weight excluding hydrogens is 266 g/mol. The molecule has 1 N–H and O–H groups in total. The fraction of sp³-hybridized carbons (Fsp3) is 0.938. The molecule has 5 heteroatoms. The topological polar surface area (TPSA) is 44.8 Å². The Morgan fingerprint density at radius 1 is 1.33 bits per heavy atom. The first-order valence-electron chi connectivity index (χ1n) is 8.13. The highest BCUT2D eigenvalue weighted by Gasteiger charge is 2.46. The van der Waals surface area contributed by atoms with Crippen LogP contribution < -0.4 is 5.32 Å². The van der Waals surface area contributed by atoms with Gasteiger partial charge < -0.3 is 19.9 Å². The van der Waals surface area contributed by atoms with Crippen molar-refractivity contribution < 1.29 is 9.53 Å². The maximum absolute atomic E-state index is 12.2. The van der Waals surface area contributed by atoms with Crippen molar-refractivity contribution >= 4 is 5.97 Å². The quantitative estimate of drug-likeness (QED) is 0.651. The number of esters is 1. The second-order valence-corrected chi connectivity index (χ2v) is 6.53. The van der Waals surface area contributed by atoms with Gasteiger partial charge >= 0.3 is 5.97 Å². The van der Waals surface area contributed by atoms with Gasteiger partial charge in [-0.25, -0.2) is 0 Å². The predicted molar refractivity (Wildman–Crippen MR) is 86.5 cm³/mol. The van der Waals surface area contributed by atoms with Crippen LogP contribution in [-0.2, 0) is 9.53 Å². The van der Waals surface area contributed by atoms with Crippen molar-refractivity contribution in [2.24, 2.45) is 0 Å². The highest BCUT2D eigenvalue weighted by Crippen LogP contribution is 2.33. The Labute approximate surface area is 130 Å². The van der Waals surface area contributed by atoms with Gasteiger partial charge in [-0.3, -0.25) is 4.79 Å². The van der Waals surface area contributed by atoms with Gasteiger partial charge in [0.25, 0.3) is 0 Å². The monoisotopic (exact) mass is 299 g/mol. The lowest BCUT2D eigenvalue weighted by atomic mass is 9.97. The van der Waals surface area contributed by atoms with E-state index in [1.807, 2.05) is 0 Å². The van der Waals surface area contributed by atoms with E-state index in [0.717, 1.165) is 51.7 Å². The van der Waals surface area contributed by atoms with Crippen LogP contribution in [0.4, 0.5) is 0 Å². The van der Waals surface area contributed by atoms with Crippen LogP contribution in [0.2, 0.25) is 0 Å². The molecule has 0 heterocycles. The first-order chi connectivity index (χ1) is 9.95. The molecular formula is C16H33N3O2. The van der Waals surface area contributed by atoms with Crippen LogP contribution in [-0.4, -0.2) is 75.2 Å². The third-order valence-corrected chi connectivity index (χ3v) is 4.52. The minimum Gasteiger partial charge on any atom is -0.468 e. The van der Waals surface area contributed by atoms with Gasteiger partial charge in [0.05, 0.1) is 7.11 Å². The lowest BCUT2D eigenvalue weighted by Gasteiger charge is -2.30. The zero-order chi connectivity index (χ0) is 15.9. The Kier molecular flexibility index (Phi) is 7.63. The lowest BCUT2D eigenvalue weighted by Crippen LogP contribution is -2.52. The number of carbonyl (C=O) groups is 1. The molecule has 2 atom stereocenters. The SMILES string of the molecule is CCCNC1(C(=O)OC)CCC(N(C)CCCN(C)C)C1. The Balaban J connectivity index is 2.54. The normalized spacial score (nSPS) is 25.8. The summed E-state index contributed by atoms with van der Waals surface area (Å²) >= 11 is 0. The Hall–Kier alpha value is -0.650. The minimum absolute atomic E-state index is 0.0971. The van der Waals surface area contributed by atoms with Crippen LogP contribution >= 0.6 is 0 Å². The van der Waals surface area contributed by atoms with Crippen molar-refractivity contribution in [3.8, 4) is 0 Å². The number of rotatable bonds is 9. The van der Waals surface area contributed by atoms with Gasteiger partial charge in [-0.2, -0.15) is 0 Å².